The van der Waals surface area contributed by atoms with Crippen molar-refractivity contribution in [1.29, 1.82) is 0 Å². The van der Waals surface area contributed by atoms with E-state index in [0.29, 0.717) is 17.7 Å². The molecule has 1 aliphatic heterocycles. The number of nitrogens with zero attached hydrogens (tertiary/aromatic N) is 1. The van der Waals surface area contributed by atoms with Crippen molar-refractivity contribution in [2.75, 3.05) is 19.7 Å². The van der Waals surface area contributed by atoms with E-state index in [-0.39, 0.29) is 18.4 Å². The maximum Gasteiger partial charge on any atom is 0.115 e. The normalized spacial score (nSPS) is 18.5. The van der Waals surface area contributed by atoms with Crippen LogP contribution in [0.3, 0.4) is 0 Å². The number of aromatic hydroxyl groups is 1. The number of rotatable bonds is 9. The monoisotopic (exact) mass is 443 g/mol. The predicted molar refractivity (Wildman–Crippen MR) is 136 cm³/mol. The van der Waals surface area contributed by atoms with Crippen LogP contribution in [0.25, 0.3) is 0 Å². The fourth-order valence-electron chi connectivity index (χ4n) is 5.42. The first-order valence-electron chi connectivity index (χ1n) is 12.4. The lowest BCUT2D eigenvalue weighted by atomic mass is 9.74. The third-order valence-corrected chi connectivity index (χ3v) is 7.25. The standard InChI is InChI=1S/C30H37NO2/c1-22(2)31-18-17-27(21-31)23-13-15-25(16-14-23)30(26-10-6-11-28(33)20-26)29(12-7-19-32)24-8-4-3-5-9-24/h3-6,8-11,13-16,20,22,27,29-30,32-33H,7,12,17-19,21H2,1-2H3. The van der Waals surface area contributed by atoms with Crippen molar-refractivity contribution in [3.05, 3.63) is 101 Å². The predicted octanol–water partition coefficient (Wildman–Crippen LogP) is 6.28. The van der Waals surface area contributed by atoms with Gasteiger partial charge in [-0.05, 0) is 85.9 Å². The molecule has 33 heavy (non-hydrogen) atoms. The molecule has 174 valence electrons. The Bertz CT molecular complexity index is 999. The van der Waals surface area contributed by atoms with Gasteiger partial charge in [0.15, 0.2) is 0 Å². The molecule has 0 saturated carbocycles. The lowest BCUT2D eigenvalue weighted by Crippen LogP contribution is -2.27. The second-order valence-corrected chi connectivity index (χ2v) is 9.70. The molecule has 1 fully saturated rings. The molecule has 0 aromatic heterocycles. The highest BCUT2D eigenvalue weighted by atomic mass is 16.3. The van der Waals surface area contributed by atoms with Crippen molar-refractivity contribution in [3.8, 4) is 5.75 Å². The third kappa shape index (κ3) is 5.66. The van der Waals surface area contributed by atoms with Crippen LogP contribution in [0.5, 0.6) is 5.75 Å². The molecule has 2 N–H and O–H groups in total. The number of phenols is 1. The first kappa shape index (κ1) is 23.5. The Labute approximate surface area is 198 Å². The van der Waals surface area contributed by atoms with E-state index in [4.69, 9.17) is 0 Å². The second-order valence-electron chi connectivity index (χ2n) is 9.70. The van der Waals surface area contributed by atoms with E-state index in [1.54, 1.807) is 6.07 Å². The van der Waals surface area contributed by atoms with Crippen LogP contribution in [-0.2, 0) is 0 Å². The minimum Gasteiger partial charge on any atom is -0.508 e. The van der Waals surface area contributed by atoms with Gasteiger partial charge in [-0.25, -0.2) is 0 Å². The zero-order chi connectivity index (χ0) is 23.2. The van der Waals surface area contributed by atoms with Crippen molar-refractivity contribution in [1.82, 2.24) is 4.90 Å². The topological polar surface area (TPSA) is 43.7 Å². The van der Waals surface area contributed by atoms with Crippen LogP contribution in [0.4, 0.5) is 0 Å². The van der Waals surface area contributed by atoms with Crippen LogP contribution in [0, 0.1) is 0 Å². The Balaban J connectivity index is 1.69. The molecule has 3 heteroatoms. The van der Waals surface area contributed by atoms with E-state index in [1.165, 1.54) is 29.7 Å². The van der Waals surface area contributed by atoms with E-state index in [1.807, 2.05) is 18.2 Å². The van der Waals surface area contributed by atoms with Gasteiger partial charge in [-0.3, -0.25) is 0 Å². The minimum atomic E-state index is 0.107. The summed E-state index contributed by atoms with van der Waals surface area (Å²) in [6.45, 7) is 7.05. The van der Waals surface area contributed by atoms with E-state index in [9.17, 15) is 10.2 Å². The summed E-state index contributed by atoms with van der Waals surface area (Å²) in [6, 6.07) is 28.1. The highest BCUT2D eigenvalue weighted by Crippen LogP contribution is 2.42. The van der Waals surface area contributed by atoms with Gasteiger partial charge in [-0.1, -0.05) is 66.7 Å². The highest BCUT2D eigenvalue weighted by Gasteiger charge is 2.28. The summed E-state index contributed by atoms with van der Waals surface area (Å²) in [7, 11) is 0. The second kappa shape index (κ2) is 11.0. The Morgan fingerprint density at radius 3 is 2.24 bits per heavy atom. The molecule has 1 saturated heterocycles. The lowest BCUT2D eigenvalue weighted by molar-refractivity contribution is 0.272. The zero-order valence-corrected chi connectivity index (χ0v) is 19.9. The molecule has 4 rings (SSSR count). The molecule has 3 aromatic carbocycles. The fraction of sp³-hybridized carbons (Fsp3) is 0.400. The fourth-order valence-corrected chi connectivity index (χ4v) is 5.42. The molecule has 3 atom stereocenters. The number of hydrogen-bond acceptors (Lipinski definition) is 3. The van der Waals surface area contributed by atoms with Gasteiger partial charge < -0.3 is 15.1 Å². The number of aliphatic hydroxyl groups is 1. The van der Waals surface area contributed by atoms with Crippen molar-refractivity contribution >= 4 is 0 Å². The van der Waals surface area contributed by atoms with Crippen LogP contribution in [0.1, 0.15) is 73.1 Å². The minimum absolute atomic E-state index is 0.107. The molecule has 0 radical (unpaired) electrons. The van der Waals surface area contributed by atoms with Crippen LogP contribution in [0.15, 0.2) is 78.9 Å². The van der Waals surface area contributed by atoms with Gasteiger partial charge in [0.1, 0.15) is 5.75 Å². The molecular weight excluding hydrogens is 406 g/mol. The van der Waals surface area contributed by atoms with Crippen LogP contribution in [-0.4, -0.2) is 40.9 Å². The maximum atomic E-state index is 10.2. The Kier molecular flexibility index (Phi) is 7.85. The molecule has 0 aliphatic carbocycles. The first-order chi connectivity index (χ1) is 16.1. The Morgan fingerprint density at radius 2 is 1.61 bits per heavy atom. The largest absolute Gasteiger partial charge is 0.508 e. The quantitative estimate of drug-likeness (QED) is 0.409. The highest BCUT2D eigenvalue weighted by molar-refractivity contribution is 5.42. The van der Waals surface area contributed by atoms with Crippen LogP contribution >= 0.6 is 0 Å². The SMILES string of the molecule is CC(C)N1CCC(c2ccc(C(c3cccc(O)c3)C(CCCO)c3ccccc3)cc2)C1. The summed E-state index contributed by atoms with van der Waals surface area (Å²) in [5, 5.41) is 19.9. The maximum absolute atomic E-state index is 10.2. The smallest absolute Gasteiger partial charge is 0.115 e. The van der Waals surface area contributed by atoms with E-state index in [2.05, 4.69) is 73.3 Å². The number of hydrogen-bond donors (Lipinski definition) is 2. The van der Waals surface area contributed by atoms with E-state index >= 15 is 0 Å². The number of likely N-dealkylation sites (tertiary alicyclic amines) is 1. The van der Waals surface area contributed by atoms with E-state index in [0.717, 1.165) is 24.9 Å². The van der Waals surface area contributed by atoms with Crippen LogP contribution in [0.2, 0.25) is 0 Å². The number of benzene rings is 3. The van der Waals surface area contributed by atoms with Crippen molar-refractivity contribution in [3.63, 3.8) is 0 Å². The summed E-state index contributed by atoms with van der Waals surface area (Å²) in [6.07, 6.45) is 2.85. The summed E-state index contributed by atoms with van der Waals surface area (Å²) in [5.74, 6) is 1.22. The molecule has 0 spiro atoms. The van der Waals surface area contributed by atoms with Crippen molar-refractivity contribution < 1.29 is 10.2 Å². The van der Waals surface area contributed by atoms with Crippen molar-refractivity contribution in [2.24, 2.45) is 0 Å². The average molecular weight is 444 g/mol. The number of aliphatic hydroxyl groups excluding tert-OH is 1. The van der Waals surface area contributed by atoms with Gasteiger partial charge in [0, 0.05) is 25.1 Å². The molecule has 3 unspecified atom stereocenters. The summed E-state index contributed by atoms with van der Waals surface area (Å²) >= 11 is 0. The molecule has 1 aliphatic rings. The molecule has 1 heterocycles. The van der Waals surface area contributed by atoms with Gasteiger partial charge in [0.2, 0.25) is 0 Å². The molecule has 3 nitrogen and oxygen atoms in total. The third-order valence-electron chi connectivity index (χ3n) is 7.25. The number of phenolic OH excluding ortho intramolecular Hbond substituents is 1. The lowest BCUT2D eigenvalue weighted by Gasteiger charge is -2.29. The molecule has 3 aromatic rings. The summed E-state index contributed by atoms with van der Waals surface area (Å²) < 4.78 is 0. The zero-order valence-electron chi connectivity index (χ0n) is 19.9. The van der Waals surface area contributed by atoms with E-state index < -0.39 is 0 Å². The van der Waals surface area contributed by atoms with Gasteiger partial charge in [-0.2, -0.15) is 0 Å². The average Bonchev–Trinajstić information content (AvgIpc) is 3.33. The molecule has 0 bridgehead atoms. The Hall–Kier alpha value is -2.62. The first-order valence-corrected chi connectivity index (χ1v) is 12.4. The van der Waals surface area contributed by atoms with Gasteiger partial charge in [0.05, 0.1) is 0 Å². The van der Waals surface area contributed by atoms with Crippen LogP contribution < -0.4 is 0 Å². The molecular formula is C30H37NO2. The van der Waals surface area contributed by atoms with Crippen molar-refractivity contribution in [2.45, 2.75) is 56.9 Å². The van der Waals surface area contributed by atoms with Gasteiger partial charge >= 0.3 is 0 Å². The Morgan fingerprint density at radius 1 is 0.879 bits per heavy atom. The van der Waals surface area contributed by atoms with Gasteiger partial charge in [0.25, 0.3) is 0 Å². The molecule has 0 amide bonds. The van der Waals surface area contributed by atoms with Gasteiger partial charge in [-0.15, -0.1) is 0 Å². The summed E-state index contributed by atoms with van der Waals surface area (Å²) in [4.78, 5) is 2.56. The summed E-state index contributed by atoms with van der Waals surface area (Å²) in [5.41, 5.74) is 5.06.